The third-order valence-electron chi connectivity index (χ3n) is 1.51. The molecule has 0 aromatic rings. The summed E-state index contributed by atoms with van der Waals surface area (Å²) in [5, 5.41) is 20.8. The molecule has 0 rings (SSSR count). The summed E-state index contributed by atoms with van der Waals surface area (Å²) in [6, 6.07) is 0. The molecule has 0 spiro atoms. The zero-order chi connectivity index (χ0) is 11.9. The normalized spacial score (nSPS) is 10.7. The third kappa shape index (κ3) is 3.88. The van der Waals surface area contributed by atoms with Crippen molar-refractivity contribution >= 4 is 0 Å². The van der Waals surface area contributed by atoms with Gasteiger partial charge in [-0.3, -0.25) is 20.2 Å². The van der Waals surface area contributed by atoms with Crippen LogP contribution in [0.2, 0.25) is 0 Å². The Morgan fingerprint density at radius 2 is 1.87 bits per heavy atom. The maximum atomic E-state index is 10.4. The Morgan fingerprint density at radius 1 is 1.33 bits per heavy atom. The first-order valence-corrected chi connectivity index (χ1v) is 3.83. The van der Waals surface area contributed by atoms with Crippen molar-refractivity contribution < 1.29 is 19.3 Å². The van der Waals surface area contributed by atoms with Gasteiger partial charge in [0, 0.05) is 0 Å². The van der Waals surface area contributed by atoms with Crippen LogP contribution in [0.5, 0.6) is 0 Å². The number of rotatable bonds is 7. The van der Waals surface area contributed by atoms with Crippen molar-refractivity contribution in [1.29, 1.82) is 0 Å². The smallest absolute Gasteiger partial charge is 0.343 e. The van der Waals surface area contributed by atoms with Crippen molar-refractivity contribution in [2.45, 2.75) is 12.6 Å². The first-order chi connectivity index (χ1) is 6.95. The summed E-state index contributed by atoms with van der Waals surface area (Å²) in [6.45, 7) is -0.166. The highest BCUT2D eigenvalue weighted by molar-refractivity contribution is 4.82. The van der Waals surface area contributed by atoms with E-state index in [2.05, 4.69) is 15.4 Å². The van der Waals surface area contributed by atoms with Crippen molar-refractivity contribution in [3.8, 4) is 12.3 Å². The molecule has 15 heavy (non-hydrogen) atoms. The van der Waals surface area contributed by atoms with Crippen LogP contribution < -0.4 is 0 Å². The van der Waals surface area contributed by atoms with Gasteiger partial charge in [-0.15, -0.1) is 6.42 Å². The van der Waals surface area contributed by atoms with Crippen molar-refractivity contribution in [3.63, 3.8) is 0 Å². The van der Waals surface area contributed by atoms with Crippen molar-refractivity contribution in [2.24, 2.45) is 0 Å². The first kappa shape index (κ1) is 13.3. The summed E-state index contributed by atoms with van der Waals surface area (Å²) >= 11 is 0. The second kappa shape index (κ2) is 5.90. The molecule has 0 aromatic heterocycles. The molecule has 0 saturated heterocycles. The lowest BCUT2D eigenvalue weighted by atomic mass is 10.2. The highest BCUT2D eigenvalue weighted by Crippen LogP contribution is 2.10. The molecule has 0 aliphatic carbocycles. The Morgan fingerprint density at radius 3 is 2.27 bits per heavy atom. The lowest BCUT2D eigenvalue weighted by Crippen LogP contribution is -2.47. The molecule has 0 aromatic carbocycles. The molecule has 0 fully saturated rings. The number of nitrogens with zero attached hydrogens (tertiary/aromatic N) is 2. The molecule has 0 N–H and O–H groups in total. The molecule has 84 valence electrons. The van der Waals surface area contributed by atoms with E-state index in [1.165, 1.54) is 0 Å². The summed E-state index contributed by atoms with van der Waals surface area (Å²) in [5.74, 6) is 2.14. The predicted octanol–water partition coefficient (Wildman–Crippen LogP) is -0.120. The van der Waals surface area contributed by atoms with Gasteiger partial charge in [-0.2, -0.15) is 0 Å². The van der Waals surface area contributed by atoms with E-state index >= 15 is 0 Å². The van der Waals surface area contributed by atoms with Gasteiger partial charge in [-0.05, 0) is 0 Å². The average molecular weight is 218 g/mol. The Balaban J connectivity index is 4.05. The van der Waals surface area contributed by atoms with Gasteiger partial charge in [-0.25, -0.2) is 0 Å². The van der Waals surface area contributed by atoms with Crippen molar-refractivity contribution in [2.75, 3.05) is 20.0 Å². The maximum Gasteiger partial charge on any atom is 0.478 e. The zero-order valence-corrected chi connectivity index (χ0v) is 8.04. The van der Waals surface area contributed by atoms with Gasteiger partial charge in [-0.1, -0.05) is 5.92 Å². The van der Waals surface area contributed by atoms with Crippen LogP contribution >= 0.6 is 0 Å². The molecule has 8 heteroatoms. The highest BCUT2D eigenvalue weighted by Gasteiger charge is 2.50. The first-order valence-electron chi connectivity index (χ1n) is 3.83. The minimum absolute atomic E-state index is 0.0202. The van der Waals surface area contributed by atoms with Crippen LogP contribution in [0.3, 0.4) is 0 Å². The van der Waals surface area contributed by atoms with Gasteiger partial charge < -0.3 is 9.47 Å². The van der Waals surface area contributed by atoms with Gasteiger partial charge >= 0.3 is 5.66 Å². The van der Waals surface area contributed by atoms with E-state index in [1.54, 1.807) is 0 Å². The number of nitro groups is 2. The fourth-order valence-electron chi connectivity index (χ4n) is 0.567. The largest absolute Gasteiger partial charge is 0.478 e. The molecule has 0 aliphatic heterocycles. The van der Waals surface area contributed by atoms with E-state index in [0.717, 1.165) is 6.92 Å². The van der Waals surface area contributed by atoms with Gasteiger partial charge in [0.05, 0.1) is 6.92 Å². The summed E-state index contributed by atoms with van der Waals surface area (Å²) in [5.41, 5.74) is -2.36. The number of hydrogen-bond acceptors (Lipinski definition) is 6. The standard InChI is InChI=1S/C7H10N2O6/c1-3-4-14-6-15-5-7(2,8(10)11)9(12)13/h1H,4-6H2,2H3. The zero-order valence-electron chi connectivity index (χ0n) is 8.04. The predicted molar refractivity (Wildman–Crippen MR) is 48.0 cm³/mol. The second-order valence-corrected chi connectivity index (χ2v) is 2.75. The van der Waals surface area contributed by atoms with Crippen molar-refractivity contribution in [3.05, 3.63) is 20.2 Å². The van der Waals surface area contributed by atoms with Crippen LogP contribution in [0.25, 0.3) is 0 Å². The minimum Gasteiger partial charge on any atom is -0.343 e. The maximum absolute atomic E-state index is 10.4. The van der Waals surface area contributed by atoms with Gasteiger partial charge in [0.25, 0.3) is 0 Å². The fraction of sp³-hybridized carbons (Fsp3) is 0.714. The second-order valence-electron chi connectivity index (χ2n) is 2.75. The molecule has 0 unspecified atom stereocenters. The van der Waals surface area contributed by atoms with E-state index in [1.807, 2.05) is 0 Å². The van der Waals surface area contributed by atoms with Gasteiger partial charge in [0.1, 0.15) is 23.2 Å². The van der Waals surface area contributed by atoms with E-state index in [0.29, 0.717) is 0 Å². The van der Waals surface area contributed by atoms with E-state index in [9.17, 15) is 20.2 Å². The Hall–Kier alpha value is -1.72. The average Bonchev–Trinajstić information content (AvgIpc) is 2.16. The fourth-order valence-corrected chi connectivity index (χ4v) is 0.567. The van der Waals surface area contributed by atoms with Crippen molar-refractivity contribution in [1.82, 2.24) is 0 Å². The molecule has 0 saturated carbocycles. The third-order valence-corrected chi connectivity index (χ3v) is 1.51. The lowest BCUT2D eigenvalue weighted by Gasteiger charge is -2.12. The Bertz CT molecular complexity index is 270. The molecule has 0 amide bonds. The summed E-state index contributed by atoms with van der Waals surface area (Å²) in [6.07, 6.45) is 4.85. The Labute approximate surface area is 85.5 Å². The Kier molecular flexibility index (Phi) is 5.22. The summed E-state index contributed by atoms with van der Waals surface area (Å²) in [4.78, 5) is 18.7. The van der Waals surface area contributed by atoms with Crippen LogP contribution in [0, 0.1) is 32.6 Å². The number of hydrogen-bond donors (Lipinski definition) is 0. The molecule has 8 nitrogen and oxygen atoms in total. The molecule has 0 bridgehead atoms. The van der Waals surface area contributed by atoms with Crippen LogP contribution in [-0.4, -0.2) is 35.5 Å². The quantitative estimate of drug-likeness (QED) is 0.194. The summed E-state index contributed by atoms with van der Waals surface area (Å²) < 4.78 is 9.26. The molecule has 0 atom stereocenters. The van der Waals surface area contributed by atoms with Crippen LogP contribution in [0.15, 0.2) is 0 Å². The number of terminal acetylenes is 1. The summed E-state index contributed by atoms with van der Waals surface area (Å²) in [7, 11) is 0. The SMILES string of the molecule is C#CCOCOCC(C)([N+](=O)[O-])[N+](=O)[O-]. The minimum atomic E-state index is -2.36. The van der Waals surface area contributed by atoms with Gasteiger partial charge in [0.15, 0.2) is 6.61 Å². The molecular weight excluding hydrogens is 208 g/mol. The molecule has 0 aliphatic rings. The molecular formula is C7H10N2O6. The highest BCUT2D eigenvalue weighted by atomic mass is 16.7. The van der Waals surface area contributed by atoms with E-state index in [-0.39, 0.29) is 13.4 Å². The van der Waals surface area contributed by atoms with Gasteiger partial charge in [0.2, 0.25) is 0 Å². The van der Waals surface area contributed by atoms with E-state index in [4.69, 9.17) is 6.42 Å². The molecule has 0 radical (unpaired) electrons. The molecule has 0 heterocycles. The van der Waals surface area contributed by atoms with Crippen LogP contribution in [0.4, 0.5) is 0 Å². The van der Waals surface area contributed by atoms with Crippen LogP contribution in [-0.2, 0) is 9.47 Å². The topological polar surface area (TPSA) is 105 Å². The number of ether oxygens (including phenoxy) is 2. The monoisotopic (exact) mass is 218 g/mol. The lowest BCUT2D eigenvalue weighted by molar-refractivity contribution is -0.794. The van der Waals surface area contributed by atoms with E-state index < -0.39 is 22.1 Å². The van der Waals surface area contributed by atoms with Crippen LogP contribution in [0.1, 0.15) is 6.92 Å².